The number of hydrogen-bond donors (Lipinski definition) is 0. The molecule has 0 aliphatic rings. The summed E-state index contributed by atoms with van der Waals surface area (Å²) in [5, 5.41) is 0.556. The Balaban J connectivity index is 1.81. The van der Waals surface area contributed by atoms with Gasteiger partial charge in [0.1, 0.15) is 11.2 Å². The van der Waals surface area contributed by atoms with E-state index in [1.807, 2.05) is 31.2 Å². The lowest BCUT2D eigenvalue weighted by Crippen LogP contribution is -2.33. The van der Waals surface area contributed by atoms with Gasteiger partial charge < -0.3 is 9.47 Å². The number of alkyl halides is 3. The quantitative estimate of drug-likeness (QED) is 0.416. The minimum absolute atomic E-state index is 0.0730. The van der Waals surface area contributed by atoms with Gasteiger partial charge in [-0.25, -0.2) is 0 Å². The van der Waals surface area contributed by atoms with Gasteiger partial charge in [-0.1, -0.05) is 48.0 Å². The summed E-state index contributed by atoms with van der Waals surface area (Å²) in [6.45, 7) is 2.03. The lowest BCUT2D eigenvalue weighted by atomic mass is 9.97. The summed E-state index contributed by atoms with van der Waals surface area (Å²) in [6.07, 6.45) is -2.90. The predicted octanol–water partition coefficient (Wildman–Crippen LogP) is 5.20. The molecule has 2 aromatic carbocycles. The number of fused-ring (bicyclic) bond motifs is 1. The monoisotopic (exact) mass is 465 g/mol. The van der Waals surface area contributed by atoms with E-state index in [-0.39, 0.29) is 17.8 Å². The maximum Gasteiger partial charge on any atom is 0.416 e. The van der Waals surface area contributed by atoms with Crippen molar-refractivity contribution in [3.8, 4) is 11.1 Å². The Bertz CT molecular complexity index is 1420. The highest BCUT2D eigenvalue weighted by Crippen LogP contribution is 2.32. The summed E-state index contributed by atoms with van der Waals surface area (Å²) in [6, 6.07) is 15.7. The maximum atomic E-state index is 13.6. The summed E-state index contributed by atoms with van der Waals surface area (Å²) >= 11 is 0. The van der Waals surface area contributed by atoms with E-state index in [1.54, 1.807) is 19.2 Å². The van der Waals surface area contributed by atoms with E-state index in [0.29, 0.717) is 16.5 Å². The first-order valence-electron chi connectivity index (χ1n) is 10.5. The van der Waals surface area contributed by atoms with Crippen molar-refractivity contribution in [2.24, 2.45) is 7.05 Å². The van der Waals surface area contributed by atoms with Crippen LogP contribution in [-0.2, 0) is 19.8 Å². The highest BCUT2D eigenvalue weighted by atomic mass is 19.4. The zero-order chi connectivity index (χ0) is 24.6. The minimum atomic E-state index is -4.43. The van der Waals surface area contributed by atoms with Crippen molar-refractivity contribution in [1.82, 2.24) is 14.5 Å². The molecule has 174 valence electrons. The van der Waals surface area contributed by atoms with Crippen LogP contribution in [0.5, 0.6) is 0 Å². The Kier molecular flexibility index (Phi) is 6.00. The Hall–Kier alpha value is -3.94. The summed E-state index contributed by atoms with van der Waals surface area (Å²) in [5.41, 5.74) is 2.19. The van der Waals surface area contributed by atoms with Crippen LogP contribution < -0.4 is 5.56 Å². The standard InChI is InChI=1S/C26H22F3N3O2/c1-16-6-10-18(11-7-16)21-20-5-4-14-30-22(20)24(33)32(3)23(21)25(34)31(2)15-17-8-12-19(13-9-17)26(27,28)29/h4-14H,15H2,1-3H3. The van der Waals surface area contributed by atoms with E-state index in [2.05, 4.69) is 4.98 Å². The third-order valence-corrected chi connectivity index (χ3v) is 5.75. The van der Waals surface area contributed by atoms with Crippen LogP contribution in [0.1, 0.15) is 27.2 Å². The molecule has 5 nitrogen and oxygen atoms in total. The second kappa shape index (κ2) is 8.78. The van der Waals surface area contributed by atoms with Crippen molar-refractivity contribution in [1.29, 1.82) is 0 Å². The molecule has 4 rings (SSSR count). The molecular formula is C26H22F3N3O2. The largest absolute Gasteiger partial charge is 0.416 e. The Morgan fingerprint density at radius 2 is 1.68 bits per heavy atom. The van der Waals surface area contributed by atoms with Crippen molar-refractivity contribution < 1.29 is 18.0 Å². The summed E-state index contributed by atoms with van der Waals surface area (Å²) in [4.78, 5) is 32.3. The topological polar surface area (TPSA) is 55.2 Å². The fourth-order valence-corrected chi connectivity index (χ4v) is 3.92. The SMILES string of the molecule is Cc1ccc(-c2c(C(=O)N(C)Cc3ccc(C(F)(F)F)cc3)n(C)c(=O)c3ncccc23)cc1. The van der Waals surface area contributed by atoms with Gasteiger partial charge >= 0.3 is 6.18 Å². The highest BCUT2D eigenvalue weighted by molar-refractivity contribution is 6.07. The maximum absolute atomic E-state index is 13.6. The van der Waals surface area contributed by atoms with Gasteiger partial charge in [0, 0.05) is 37.8 Å². The Labute approximate surface area is 194 Å². The van der Waals surface area contributed by atoms with Gasteiger partial charge in [0.25, 0.3) is 11.5 Å². The number of rotatable bonds is 4. The molecule has 0 aliphatic heterocycles. The minimum Gasteiger partial charge on any atom is -0.336 e. The van der Waals surface area contributed by atoms with Crippen LogP contribution in [0.4, 0.5) is 13.2 Å². The van der Waals surface area contributed by atoms with E-state index >= 15 is 0 Å². The average molecular weight is 465 g/mol. The number of aryl methyl sites for hydroxylation is 1. The van der Waals surface area contributed by atoms with Crippen molar-refractivity contribution in [3.63, 3.8) is 0 Å². The zero-order valence-corrected chi connectivity index (χ0v) is 18.8. The number of benzene rings is 2. The summed E-state index contributed by atoms with van der Waals surface area (Å²) in [7, 11) is 3.07. The van der Waals surface area contributed by atoms with Crippen molar-refractivity contribution in [3.05, 3.63) is 99.6 Å². The van der Waals surface area contributed by atoms with Gasteiger partial charge in [0.2, 0.25) is 0 Å². The van der Waals surface area contributed by atoms with Gasteiger partial charge in [-0.15, -0.1) is 0 Å². The van der Waals surface area contributed by atoms with Gasteiger partial charge in [-0.2, -0.15) is 13.2 Å². The number of pyridine rings is 2. The third-order valence-electron chi connectivity index (χ3n) is 5.75. The normalized spacial score (nSPS) is 11.6. The molecular weight excluding hydrogens is 443 g/mol. The van der Waals surface area contributed by atoms with Gasteiger partial charge in [0.15, 0.2) is 0 Å². The average Bonchev–Trinajstić information content (AvgIpc) is 2.81. The molecule has 0 N–H and O–H groups in total. The van der Waals surface area contributed by atoms with Crippen molar-refractivity contribution in [2.75, 3.05) is 7.05 Å². The zero-order valence-electron chi connectivity index (χ0n) is 18.8. The van der Waals surface area contributed by atoms with E-state index in [9.17, 15) is 22.8 Å². The molecule has 0 unspecified atom stereocenters. The fraction of sp³-hybridized carbons (Fsp3) is 0.192. The first-order valence-corrected chi connectivity index (χ1v) is 10.5. The number of aromatic nitrogens is 2. The van der Waals surface area contributed by atoms with Gasteiger partial charge in [0.05, 0.1) is 5.56 Å². The first-order chi connectivity index (χ1) is 16.1. The Morgan fingerprint density at radius 1 is 1.03 bits per heavy atom. The summed E-state index contributed by atoms with van der Waals surface area (Å²) in [5.74, 6) is -0.430. The van der Waals surface area contributed by atoms with Gasteiger partial charge in [-0.05, 0) is 36.2 Å². The first kappa shape index (κ1) is 23.2. The summed E-state index contributed by atoms with van der Waals surface area (Å²) < 4.78 is 39.9. The van der Waals surface area contributed by atoms with Crippen LogP contribution in [0, 0.1) is 6.92 Å². The molecule has 0 aliphatic carbocycles. The number of carbonyl (C=O) groups excluding carboxylic acids is 1. The highest BCUT2D eigenvalue weighted by Gasteiger charge is 2.30. The lowest BCUT2D eigenvalue weighted by Gasteiger charge is -2.22. The van der Waals surface area contributed by atoms with Crippen LogP contribution in [0.3, 0.4) is 0 Å². The Morgan fingerprint density at radius 3 is 2.29 bits per heavy atom. The van der Waals surface area contributed by atoms with Crippen molar-refractivity contribution in [2.45, 2.75) is 19.6 Å². The predicted molar refractivity (Wildman–Crippen MR) is 124 cm³/mol. The molecule has 4 aromatic rings. The molecule has 0 radical (unpaired) electrons. The molecule has 8 heteroatoms. The molecule has 1 amide bonds. The second-order valence-electron chi connectivity index (χ2n) is 8.21. The molecule has 0 spiro atoms. The van der Waals surface area contributed by atoms with Crippen LogP contribution in [0.2, 0.25) is 0 Å². The molecule has 34 heavy (non-hydrogen) atoms. The van der Waals surface area contributed by atoms with E-state index in [1.165, 1.54) is 34.8 Å². The fourth-order valence-electron chi connectivity index (χ4n) is 3.92. The number of carbonyl (C=O) groups is 1. The molecule has 0 atom stereocenters. The van der Waals surface area contributed by atoms with Crippen molar-refractivity contribution >= 4 is 16.8 Å². The molecule has 2 heterocycles. The van der Waals surface area contributed by atoms with Crippen LogP contribution >= 0.6 is 0 Å². The molecule has 0 bridgehead atoms. The smallest absolute Gasteiger partial charge is 0.336 e. The van der Waals surface area contributed by atoms with Gasteiger partial charge in [-0.3, -0.25) is 14.6 Å². The van der Waals surface area contributed by atoms with E-state index in [0.717, 1.165) is 23.3 Å². The number of amides is 1. The van der Waals surface area contributed by atoms with E-state index in [4.69, 9.17) is 0 Å². The van der Waals surface area contributed by atoms with Crippen LogP contribution in [0.25, 0.3) is 22.0 Å². The van der Waals surface area contributed by atoms with Crippen LogP contribution in [0.15, 0.2) is 71.7 Å². The third kappa shape index (κ3) is 4.31. The molecule has 2 aromatic heterocycles. The van der Waals surface area contributed by atoms with E-state index < -0.39 is 23.2 Å². The molecule has 0 saturated heterocycles. The second-order valence-corrected chi connectivity index (χ2v) is 8.21. The number of hydrogen-bond acceptors (Lipinski definition) is 3. The lowest BCUT2D eigenvalue weighted by molar-refractivity contribution is -0.137. The number of halogens is 3. The molecule has 0 fully saturated rings. The molecule has 0 saturated carbocycles. The van der Waals surface area contributed by atoms with Crippen LogP contribution in [-0.4, -0.2) is 27.4 Å². The number of nitrogens with zero attached hydrogens (tertiary/aromatic N) is 3.